The molecular formula is C12H11F3N2O4. The highest BCUT2D eigenvalue weighted by Crippen LogP contribution is 2.35. The van der Waals surface area contributed by atoms with Crippen molar-refractivity contribution in [2.75, 3.05) is 6.61 Å². The lowest BCUT2D eigenvalue weighted by Crippen LogP contribution is -2.43. The molecule has 0 aliphatic heterocycles. The van der Waals surface area contributed by atoms with Crippen LogP contribution in [0.15, 0.2) is 18.3 Å². The molecule has 0 bridgehead atoms. The fraction of sp³-hybridized carbons (Fsp3) is 0.417. The van der Waals surface area contributed by atoms with Crippen molar-refractivity contribution in [3.8, 4) is 5.88 Å². The summed E-state index contributed by atoms with van der Waals surface area (Å²) in [6, 6.07) is 2.33. The Morgan fingerprint density at radius 2 is 2.05 bits per heavy atom. The summed E-state index contributed by atoms with van der Waals surface area (Å²) in [6.07, 6.45) is -2.76. The lowest BCUT2D eigenvalue weighted by Gasteiger charge is -2.12. The molecule has 1 heterocycles. The van der Waals surface area contributed by atoms with E-state index in [2.05, 4.69) is 15.0 Å². The lowest BCUT2D eigenvalue weighted by atomic mass is 10.2. The molecule has 2 N–H and O–H groups in total. The Morgan fingerprint density at radius 3 is 2.48 bits per heavy atom. The molecule has 1 aliphatic carbocycles. The number of rotatable bonds is 5. The van der Waals surface area contributed by atoms with Crippen molar-refractivity contribution < 1.29 is 32.6 Å². The fourth-order valence-corrected chi connectivity index (χ4v) is 1.56. The molecule has 9 heteroatoms. The number of carboxylic acid groups (broad SMARTS) is 1. The highest BCUT2D eigenvalue weighted by Gasteiger charge is 2.51. The van der Waals surface area contributed by atoms with Crippen LogP contribution in [-0.4, -0.2) is 40.3 Å². The third kappa shape index (κ3) is 3.83. The third-order valence-electron chi connectivity index (χ3n) is 2.89. The zero-order valence-electron chi connectivity index (χ0n) is 10.6. The zero-order valence-corrected chi connectivity index (χ0v) is 10.6. The molecule has 1 saturated carbocycles. The first kappa shape index (κ1) is 15.1. The van der Waals surface area contributed by atoms with Crippen molar-refractivity contribution in [3.63, 3.8) is 0 Å². The van der Waals surface area contributed by atoms with Crippen molar-refractivity contribution in [1.82, 2.24) is 10.3 Å². The second-order valence-corrected chi connectivity index (χ2v) is 4.63. The lowest BCUT2D eigenvalue weighted by molar-refractivity contribution is -0.154. The summed E-state index contributed by atoms with van der Waals surface area (Å²) < 4.78 is 40.2. The van der Waals surface area contributed by atoms with Crippen LogP contribution in [0.25, 0.3) is 0 Å². The molecule has 6 nitrogen and oxygen atoms in total. The number of amides is 1. The van der Waals surface area contributed by atoms with Gasteiger partial charge in [-0.3, -0.25) is 4.79 Å². The molecule has 0 atom stereocenters. The maximum Gasteiger partial charge on any atom is 0.422 e. The van der Waals surface area contributed by atoms with E-state index in [-0.39, 0.29) is 11.4 Å². The van der Waals surface area contributed by atoms with Crippen LogP contribution in [0, 0.1) is 0 Å². The summed E-state index contributed by atoms with van der Waals surface area (Å²) in [5, 5.41) is 11.3. The number of carbonyl (C=O) groups excluding carboxylic acids is 1. The van der Waals surface area contributed by atoms with E-state index in [1.54, 1.807) is 0 Å². The van der Waals surface area contributed by atoms with Crippen molar-refractivity contribution in [2.24, 2.45) is 0 Å². The number of nitrogens with zero attached hydrogens (tertiary/aromatic N) is 1. The van der Waals surface area contributed by atoms with E-state index in [0.29, 0.717) is 12.8 Å². The summed E-state index contributed by atoms with van der Waals surface area (Å²) in [4.78, 5) is 26.3. The summed E-state index contributed by atoms with van der Waals surface area (Å²) in [7, 11) is 0. The molecule has 21 heavy (non-hydrogen) atoms. The number of aromatic nitrogens is 1. The Morgan fingerprint density at radius 1 is 1.38 bits per heavy atom. The van der Waals surface area contributed by atoms with Gasteiger partial charge in [0, 0.05) is 12.3 Å². The average molecular weight is 304 g/mol. The number of hydrogen-bond donors (Lipinski definition) is 2. The molecule has 1 aliphatic rings. The van der Waals surface area contributed by atoms with Crippen molar-refractivity contribution in [3.05, 3.63) is 23.9 Å². The predicted octanol–water partition coefficient (Wildman–Crippen LogP) is 1.37. The number of carbonyl (C=O) groups is 2. The van der Waals surface area contributed by atoms with Crippen molar-refractivity contribution >= 4 is 11.9 Å². The zero-order chi connectivity index (χ0) is 15.7. The molecule has 0 saturated heterocycles. The molecule has 1 aromatic rings. The quantitative estimate of drug-likeness (QED) is 0.857. The number of nitrogens with one attached hydrogen (secondary N) is 1. The van der Waals surface area contributed by atoms with E-state index in [0.717, 1.165) is 12.3 Å². The van der Waals surface area contributed by atoms with Gasteiger partial charge in [0.2, 0.25) is 5.88 Å². The highest BCUT2D eigenvalue weighted by molar-refractivity contribution is 5.98. The van der Waals surface area contributed by atoms with Gasteiger partial charge in [-0.15, -0.1) is 0 Å². The van der Waals surface area contributed by atoms with E-state index in [1.165, 1.54) is 6.07 Å². The van der Waals surface area contributed by atoms with Crippen LogP contribution in [0.2, 0.25) is 0 Å². The minimum atomic E-state index is -4.47. The summed E-state index contributed by atoms with van der Waals surface area (Å²) >= 11 is 0. The van der Waals surface area contributed by atoms with E-state index in [9.17, 15) is 22.8 Å². The Balaban J connectivity index is 1.96. The van der Waals surface area contributed by atoms with E-state index in [4.69, 9.17) is 5.11 Å². The molecule has 1 aromatic heterocycles. The van der Waals surface area contributed by atoms with Gasteiger partial charge in [-0.2, -0.15) is 13.2 Å². The van der Waals surface area contributed by atoms with Crippen molar-refractivity contribution in [2.45, 2.75) is 24.6 Å². The van der Waals surface area contributed by atoms with Crippen LogP contribution >= 0.6 is 0 Å². The molecule has 0 aromatic carbocycles. The van der Waals surface area contributed by atoms with E-state index in [1.807, 2.05) is 0 Å². The number of alkyl halides is 3. The standard InChI is InChI=1S/C12H11F3N2O4/c13-12(14,15)6-21-8-2-1-7(5-16-8)9(18)17-11(3-4-11)10(19)20/h1-2,5H,3-4,6H2,(H,17,18)(H,19,20). The first-order chi connectivity index (χ1) is 9.72. The van der Waals surface area contributed by atoms with E-state index < -0.39 is 30.2 Å². The first-order valence-electron chi connectivity index (χ1n) is 5.93. The average Bonchev–Trinajstić information content (AvgIpc) is 3.17. The van der Waals surface area contributed by atoms with Crippen LogP contribution in [0.3, 0.4) is 0 Å². The Bertz CT molecular complexity index is 553. The second kappa shape index (κ2) is 5.23. The highest BCUT2D eigenvalue weighted by atomic mass is 19.4. The van der Waals surface area contributed by atoms with Crippen LogP contribution in [0.1, 0.15) is 23.2 Å². The summed E-state index contributed by atoms with van der Waals surface area (Å²) in [5.41, 5.74) is -1.19. The molecule has 114 valence electrons. The van der Waals surface area contributed by atoms with Crippen LogP contribution in [-0.2, 0) is 4.79 Å². The molecular weight excluding hydrogens is 293 g/mol. The van der Waals surface area contributed by atoms with Gasteiger partial charge in [0.1, 0.15) is 5.54 Å². The molecule has 0 spiro atoms. The number of aliphatic carboxylic acids is 1. The molecule has 0 radical (unpaired) electrons. The number of hydrogen-bond acceptors (Lipinski definition) is 4. The predicted molar refractivity (Wildman–Crippen MR) is 62.9 cm³/mol. The van der Waals surface area contributed by atoms with Crippen LogP contribution in [0.4, 0.5) is 13.2 Å². The van der Waals surface area contributed by atoms with Gasteiger partial charge in [-0.25, -0.2) is 9.78 Å². The van der Waals surface area contributed by atoms with Gasteiger partial charge in [0.05, 0.1) is 5.56 Å². The SMILES string of the molecule is O=C(NC1(C(=O)O)CC1)c1ccc(OCC(F)(F)F)nc1. The first-order valence-corrected chi connectivity index (χ1v) is 5.93. The number of ether oxygens (including phenoxy) is 1. The van der Waals surface area contributed by atoms with Crippen LogP contribution in [0.5, 0.6) is 5.88 Å². The Hall–Kier alpha value is -2.32. The molecule has 0 unspecified atom stereocenters. The van der Waals surface area contributed by atoms with Crippen LogP contribution < -0.4 is 10.1 Å². The van der Waals surface area contributed by atoms with Gasteiger partial charge >= 0.3 is 12.1 Å². The minimum absolute atomic E-state index is 0.0434. The van der Waals surface area contributed by atoms with Crippen molar-refractivity contribution in [1.29, 1.82) is 0 Å². The van der Waals surface area contributed by atoms with Gasteiger partial charge in [-0.05, 0) is 18.9 Å². The maximum absolute atomic E-state index is 11.9. The number of halogens is 3. The van der Waals surface area contributed by atoms with Gasteiger partial charge in [0.25, 0.3) is 5.91 Å². The molecule has 1 amide bonds. The Kier molecular flexibility index (Phi) is 3.75. The minimum Gasteiger partial charge on any atom is -0.480 e. The topological polar surface area (TPSA) is 88.5 Å². The number of carboxylic acids is 1. The summed E-state index contributed by atoms with van der Waals surface area (Å²) in [5.74, 6) is -2.04. The van der Waals surface area contributed by atoms with Gasteiger partial charge in [0.15, 0.2) is 6.61 Å². The monoisotopic (exact) mass is 304 g/mol. The molecule has 1 fully saturated rings. The fourth-order valence-electron chi connectivity index (χ4n) is 1.56. The molecule has 2 rings (SSSR count). The van der Waals surface area contributed by atoms with Gasteiger partial charge in [-0.1, -0.05) is 0 Å². The van der Waals surface area contributed by atoms with E-state index >= 15 is 0 Å². The maximum atomic E-state index is 11.9. The summed E-state index contributed by atoms with van der Waals surface area (Å²) in [6.45, 7) is -1.48. The number of pyridine rings is 1. The third-order valence-corrected chi connectivity index (χ3v) is 2.89. The van der Waals surface area contributed by atoms with Gasteiger partial charge < -0.3 is 15.2 Å². The second-order valence-electron chi connectivity index (χ2n) is 4.63. The smallest absolute Gasteiger partial charge is 0.422 e. The Labute approximate surface area is 116 Å². The largest absolute Gasteiger partial charge is 0.480 e. The normalized spacial score (nSPS) is 16.1.